The van der Waals surface area contributed by atoms with Crippen LogP contribution in [0.3, 0.4) is 0 Å². The van der Waals surface area contributed by atoms with Crippen LogP contribution in [-0.2, 0) is 4.79 Å². The lowest BCUT2D eigenvalue weighted by molar-refractivity contribution is -0.121. The van der Waals surface area contributed by atoms with Crippen molar-refractivity contribution in [2.45, 2.75) is 46.6 Å². The Morgan fingerprint density at radius 3 is 2.10 bits per heavy atom. The topological polar surface area (TPSA) is 93.8 Å². The number of likely N-dealkylation sites (tertiary alicyclic amines) is 1. The van der Waals surface area contributed by atoms with Gasteiger partial charge in [0.1, 0.15) is 0 Å². The predicted octanol–water partition coefficient (Wildman–Crippen LogP) is 3.33. The van der Waals surface area contributed by atoms with Crippen LogP contribution in [0.15, 0.2) is 24.3 Å². The first-order valence-electron chi connectivity index (χ1n) is 10.4. The van der Waals surface area contributed by atoms with E-state index in [0.717, 1.165) is 0 Å². The molecule has 0 spiro atoms. The first-order chi connectivity index (χ1) is 13.8. The van der Waals surface area contributed by atoms with Crippen LogP contribution in [0.25, 0.3) is 0 Å². The average molecular weight is 404 g/mol. The fourth-order valence-corrected chi connectivity index (χ4v) is 3.38. The molecule has 0 aromatic heterocycles. The van der Waals surface area contributed by atoms with Crippen LogP contribution in [-0.4, -0.2) is 60.0 Å². The number of carbonyl (C=O) groups is 3. The first-order valence-corrected chi connectivity index (χ1v) is 10.4. The molecule has 1 aliphatic heterocycles. The lowest BCUT2D eigenvalue weighted by atomic mass is 9.96. The number of hydrogen-bond acceptors (Lipinski definition) is 3. The summed E-state index contributed by atoms with van der Waals surface area (Å²) < 4.78 is 0. The Morgan fingerprint density at radius 2 is 1.59 bits per heavy atom. The molecule has 1 aromatic carbocycles. The molecule has 8 nitrogen and oxygen atoms in total. The number of urea groups is 2. The molecule has 8 heteroatoms. The molecule has 0 bridgehead atoms. The van der Waals surface area contributed by atoms with Crippen LogP contribution in [0.2, 0.25) is 0 Å². The van der Waals surface area contributed by atoms with E-state index in [4.69, 9.17) is 0 Å². The molecule has 1 aromatic rings. The van der Waals surface area contributed by atoms with Gasteiger partial charge in [-0.2, -0.15) is 0 Å². The summed E-state index contributed by atoms with van der Waals surface area (Å²) in [5.41, 5.74) is 1.12. The van der Waals surface area contributed by atoms with E-state index in [9.17, 15) is 14.4 Å². The van der Waals surface area contributed by atoms with Gasteiger partial charge in [0.25, 0.3) is 0 Å². The van der Waals surface area contributed by atoms with Crippen molar-refractivity contribution >= 4 is 29.3 Å². The van der Waals surface area contributed by atoms with Crippen molar-refractivity contribution in [3.63, 3.8) is 0 Å². The third-order valence-electron chi connectivity index (χ3n) is 5.02. The zero-order valence-corrected chi connectivity index (χ0v) is 17.8. The molecule has 1 aliphatic rings. The van der Waals surface area contributed by atoms with Crippen LogP contribution in [0.4, 0.5) is 21.0 Å². The molecule has 0 unspecified atom stereocenters. The van der Waals surface area contributed by atoms with Gasteiger partial charge in [0.05, 0.1) is 11.4 Å². The number of para-hydroxylation sites is 2. The highest BCUT2D eigenvalue weighted by molar-refractivity contribution is 5.99. The largest absolute Gasteiger partial charge is 0.336 e. The smallest absolute Gasteiger partial charge is 0.319 e. The summed E-state index contributed by atoms with van der Waals surface area (Å²) >= 11 is 0. The molecule has 5 amide bonds. The summed E-state index contributed by atoms with van der Waals surface area (Å²) in [6.07, 6.45) is 1.25. The number of carbonyl (C=O) groups excluding carboxylic acids is 3. The van der Waals surface area contributed by atoms with Gasteiger partial charge in [0, 0.05) is 38.1 Å². The number of piperidine rings is 1. The quantitative estimate of drug-likeness (QED) is 0.680. The van der Waals surface area contributed by atoms with E-state index in [1.807, 2.05) is 38.7 Å². The summed E-state index contributed by atoms with van der Waals surface area (Å²) in [5, 5.41) is 8.47. The highest BCUT2D eigenvalue weighted by Crippen LogP contribution is 2.24. The van der Waals surface area contributed by atoms with Crippen LogP contribution in [0, 0.1) is 5.92 Å². The van der Waals surface area contributed by atoms with E-state index >= 15 is 0 Å². The van der Waals surface area contributed by atoms with E-state index in [-0.39, 0.29) is 29.9 Å². The second-order valence-electron chi connectivity index (χ2n) is 7.50. The van der Waals surface area contributed by atoms with Crippen molar-refractivity contribution in [2.75, 3.05) is 36.8 Å². The Labute approximate surface area is 173 Å². The van der Waals surface area contributed by atoms with Crippen molar-refractivity contribution in [3.05, 3.63) is 24.3 Å². The third kappa shape index (κ3) is 6.37. The van der Waals surface area contributed by atoms with Crippen molar-refractivity contribution in [2.24, 2.45) is 5.92 Å². The van der Waals surface area contributed by atoms with E-state index in [0.29, 0.717) is 50.4 Å². The number of benzene rings is 1. The molecule has 160 valence electrons. The van der Waals surface area contributed by atoms with Crippen molar-refractivity contribution in [1.29, 1.82) is 0 Å². The number of hydrogen-bond donors (Lipinski definition) is 3. The molecule has 0 saturated carbocycles. The Hall–Kier alpha value is -2.77. The Balaban J connectivity index is 1.93. The molecule has 0 aliphatic carbocycles. The minimum absolute atomic E-state index is 0.0148. The zero-order valence-electron chi connectivity index (χ0n) is 17.8. The number of rotatable bonds is 6. The molecule has 1 saturated heterocycles. The maximum atomic E-state index is 12.8. The molecule has 0 radical (unpaired) electrons. The predicted molar refractivity (Wildman–Crippen MR) is 115 cm³/mol. The highest BCUT2D eigenvalue weighted by atomic mass is 16.2. The summed E-state index contributed by atoms with van der Waals surface area (Å²) in [4.78, 5) is 40.8. The maximum absolute atomic E-state index is 12.8. The van der Waals surface area contributed by atoms with Crippen LogP contribution in [0.1, 0.15) is 40.5 Å². The SMILES string of the molecule is CCN(CC)C(=O)N1CCC(C(=O)Nc2ccccc2NC(=O)NC(C)C)CC1. The van der Waals surface area contributed by atoms with E-state index in [2.05, 4.69) is 16.0 Å². The maximum Gasteiger partial charge on any atom is 0.319 e. The fraction of sp³-hybridized carbons (Fsp3) is 0.571. The summed E-state index contributed by atoms with van der Waals surface area (Å²) in [7, 11) is 0. The summed E-state index contributed by atoms with van der Waals surface area (Å²) in [6.45, 7) is 10.2. The van der Waals surface area contributed by atoms with Gasteiger partial charge < -0.3 is 25.8 Å². The van der Waals surface area contributed by atoms with E-state index in [1.54, 1.807) is 23.1 Å². The van der Waals surface area contributed by atoms with E-state index in [1.165, 1.54) is 0 Å². The van der Waals surface area contributed by atoms with Crippen molar-refractivity contribution in [3.8, 4) is 0 Å². The molecule has 2 rings (SSSR count). The normalized spacial score (nSPS) is 14.4. The van der Waals surface area contributed by atoms with E-state index < -0.39 is 0 Å². The van der Waals surface area contributed by atoms with Gasteiger partial charge in [-0.3, -0.25) is 4.79 Å². The second-order valence-corrected chi connectivity index (χ2v) is 7.50. The average Bonchev–Trinajstić information content (AvgIpc) is 2.69. The minimum Gasteiger partial charge on any atom is -0.336 e. The van der Waals surface area contributed by atoms with Crippen LogP contribution in [0.5, 0.6) is 0 Å². The lowest BCUT2D eigenvalue weighted by Gasteiger charge is -2.34. The first kappa shape index (κ1) is 22.5. The Bertz CT molecular complexity index is 710. The fourth-order valence-electron chi connectivity index (χ4n) is 3.38. The number of anilines is 2. The lowest BCUT2D eigenvalue weighted by Crippen LogP contribution is -2.47. The van der Waals surface area contributed by atoms with Crippen LogP contribution >= 0.6 is 0 Å². The minimum atomic E-state index is -0.315. The van der Waals surface area contributed by atoms with Gasteiger partial charge >= 0.3 is 12.1 Å². The summed E-state index contributed by atoms with van der Waals surface area (Å²) in [5.74, 6) is -0.244. The molecule has 1 heterocycles. The molecule has 0 atom stereocenters. The number of nitrogens with zero attached hydrogens (tertiary/aromatic N) is 2. The third-order valence-corrected chi connectivity index (χ3v) is 5.02. The summed E-state index contributed by atoms with van der Waals surface area (Å²) in [6, 6.07) is 6.87. The Kier molecular flexibility index (Phi) is 8.30. The number of amides is 5. The molecular weight excluding hydrogens is 370 g/mol. The second kappa shape index (κ2) is 10.7. The van der Waals surface area contributed by atoms with Crippen LogP contribution < -0.4 is 16.0 Å². The number of nitrogens with one attached hydrogen (secondary N) is 3. The van der Waals surface area contributed by atoms with Gasteiger partial charge in [-0.05, 0) is 52.7 Å². The molecule has 3 N–H and O–H groups in total. The van der Waals surface area contributed by atoms with Gasteiger partial charge in [0.2, 0.25) is 5.91 Å². The Morgan fingerprint density at radius 1 is 1.03 bits per heavy atom. The van der Waals surface area contributed by atoms with Gasteiger partial charge in [-0.1, -0.05) is 12.1 Å². The van der Waals surface area contributed by atoms with Gasteiger partial charge in [-0.25, -0.2) is 9.59 Å². The van der Waals surface area contributed by atoms with Gasteiger partial charge in [-0.15, -0.1) is 0 Å². The monoisotopic (exact) mass is 403 g/mol. The zero-order chi connectivity index (χ0) is 21.4. The van der Waals surface area contributed by atoms with Crippen molar-refractivity contribution in [1.82, 2.24) is 15.1 Å². The standard InChI is InChI=1S/C21H33N5O3/c1-5-25(6-2)21(29)26-13-11-16(12-14-26)19(27)23-17-9-7-8-10-18(17)24-20(28)22-15(3)4/h7-10,15-16H,5-6,11-14H2,1-4H3,(H,23,27)(H2,22,24,28). The molecule has 29 heavy (non-hydrogen) atoms. The van der Waals surface area contributed by atoms with Crippen molar-refractivity contribution < 1.29 is 14.4 Å². The highest BCUT2D eigenvalue weighted by Gasteiger charge is 2.29. The van der Waals surface area contributed by atoms with Gasteiger partial charge in [0.15, 0.2) is 0 Å². The molecule has 1 fully saturated rings. The molecular formula is C21H33N5O3.